The van der Waals surface area contributed by atoms with Crippen molar-refractivity contribution in [1.29, 1.82) is 0 Å². The van der Waals surface area contributed by atoms with Gasteiger partial charge >= 0.3 is 0 Å². The molecule has 5 aliphatic carbocycles. The molecule has 0 radical (unpaired) electrons. The van der Waals surface area contributed by atoms with Gasteiger partial charge in [0.2, 0.25) is 13.4 Å². The van der Waals surface area contributed by atoms with Gasteiger partial charge in [0.05, 0.1) is 41.2 Å². The Morgan fingerprint density at radius 3 is 1.76 bits per heavy atom. The number of aryl methyl sites for hydroxylation is 4. The molecule has 1 saturated heterocycles. The summed E-state index contributed by atoms with van der Waals surface area (Å²) in [6.45, 7) is 18.9. The van der Waals surface area contributed by atoms with Crippen LogP contribution in [0, 0.1) is 39.5 Å². The van der Waals surface area contributed by atoms with E-state index in [0.717, 1.165) is 36.3 Å². The highest BCUT2D eigenvalue weighted by molar-refractivity contribution is 6.86. The van der Waals surface area contributed by atoms with Crippen molar-refractivity contribution in [3.63, 3.8) is 0 Å². The number of hydrogen-bond donors (Lipinski definition) is 0. The molecule has 4 heterocycles. The van der Waals surface area contributed by atoms with Crippen LogP contribution in [0.3, 0.4) is 0 Å². The minimum Gasteiger partial charge on any atom is -0.338 e. The summed E-state index contributed by atoms with van der Waals surface area (Å²) in [7, 11) is 0. The first-order valence-corrected chi connectivity index (χ1v) is 35.4. The monoisotopic (exact) mass is 1250 g/mol. The Balaban J connectivity index is 0.974. The normalized spacial score (nSPS) is 24.0. The maximum atomic E-state index is 2.88. The standard InChI is InChI=1S/C88H84B2N6/c1-9-30-64-38-29-37-63(8)88(64)96-76-50-25-23-48-72(76)90-74-55-73-77(56-78(74)94(68-45-20-13-21-46-68)80-52-70(54-82(96)84(80)90)92(66-41-16-11-17-42-66)86-59(4)33-27-34-60(86)5)93(67-43-18-12-19-44-67)79-51-69(91(65-39-14-10-15-40-65)85-57(2)31-26-32-58(85)3)53-81-83(79)89(73)71-47-22-24-49-75(71)95(81)87-61(6)35-28-36-62(87)7/h10-29,31-37,39-56,61,64,72,74,76,78-79,83,87H,9,30,38H2,1-8H3. The van der Waals surface area contributed by atoms with Crippen LogP contribution in [0.15, 0.2) is 313 Å². The Hall–Kier alpha value is -9.91. The molecule has 6 nitrogen and oxygen atoms in total. The summed E-state index contributed by atoms with van der Waals surface area (Å²) in [5.41, 5.74) is 29.5. The summed E-state index contributed by atoms with van der Waals surface area (Å²) >= 11 is 0. The molecular weight excluding hydrogens is 1160 g/mol. The van der Waals surface area contributed by atoms with Gasteiger partial charge < -0.3 is 29.4 Å². The number of benzene rings is 8. The highest BCUT2D eigenvalue weighted by Gasteiger charge is 2.60. The van der Waals surface area contributed by atoms with Gasteiger partial charge in [-0.3, -0.25) is 0 Å². The summed E-state index contributed by atoms with van der Waals surface area (Å²) < 4.78 is 0. The minimum atomic E-state index is -0.107. The summed E-state index contributed by atoms with van der Waals surface area (Å²) in [5.74, 6) is 0.910. The van der Waals surface area contributed by atoms with Gasteiger partial charge in [0.15, 0.2) is 0 Å². The van der Waals surface area contributed by atoms with Crippen LogP contribution in [0.4, 0.5) is 56.9 Å². The molecule has 4 aliphatic heterocycles. The molecule has 472 valence electrons. The first kappa shape index (κ1) is 59.8. The zero-order chi connectivity index (χ0) is 65.0. The average molecular weight is 1250 g/mol. The highest BCUT2D eigenvalue weighted by Crippen LogP contribution is 2.60. The number of fused-ring (bicyclic) bond motifs is 8. The highest BCUT2D eigenvalue weighted by atomic mass is 15.3. The third-order valence-corrected chi connectivity index (χ3v) is 22.8. The number of para-hydroxylation sites is 7. The van der Waals surface area contributed by atoms with Crippen LogP contribution in [0.1, 0.15) is 69.2 Å². The van der Waals surface area contributed by atoms with Gasteiger partial charge in [0.1, 0.15) is 0 Å². The largest absolute Gasteiger partial charge is 0.338 e. The van der Waals surface area contributed by atoms with Crippen molar-refractivity contribution < 1.29 is 0 Å². The summed E-state index contributed by atoms with van der Waals surface area (Å²) in [6, 6.07) is 73.6. The lowest BCUT2D eigenvalue weighted by atomic mass is 9.22. The number of rotatable bonds is 12. The van der Waals surface area contributed by atoms with Gasteiger partial charge in [-0.05, 0) is 190 Å². The third-order valence-electron chi connectivity index (χ3n) is 22.8. The van der Waals surface area contributed by atoms with E-state index in [9.17, 15) is 0 Å². The molecular formula is C88H84B2N6. The molecule has 8 heteroatoms. The summed E-state index contributed by atoms with van der Waals surface area (Å²) in [4.78, 5) is 16.4. The molecule has 0 saturated carbocycles. The molecule has 0 N–H and O–H groups in total. The fourth-order valence-corrected chi connectivity index (χ4v) is 19.0. The Morgan fingerprint density at radius 1 is 0.510 bits per heavy atom. The topological polar surface area (TPSA) is 19.4 Å². The molecule has 1 fully saturated rings. The van der Waals surface area contributed by atoms with E-state index in [4.69, 9.17) is 0 Å². The van der Waals surface area contributed by atoms with E-state index in [0.29, 0.717) is 5.92 Å². The fraction of sp³-hybridized carbons (Fsp3) is 0.227. The van der Waals surface area contributed by atoms with Crippen LogP contribution in [0.25, 0.3) is 0 Å². The second-order valence-electron chi connectivity index (χ2n) is 28.5. The average Bonchev–Trinajstić information content (AvgIpc) is 0.680. The maximum absolute atomic E-state index is 2.88. The van der Waals surface area contributed by atoms with Gasteiger partial charge in [0, 0.05) is 74.3 Å². The molecule has 96 heavy (non-hydrogen) atoms. The van der Waals surface area contributed by atoms with Crippen molar-refractivity contribution in [2.75, 3.05) is 29.4 Å². The predicted molar refractivity (Wildman–Crippen MR) is 409 cm³/mol. The smallest absolute Gasteiger partial charge is 0.225 e. The number of allylic oxidation sites excluding steroid dienone is 10. The third kappa shape index (κ3) is 9.51. The van der Waals surface area contributed by atoms with Crippen LogP contribution < -0.4 is 40.3 Å². The van der Waals surface area contributed by atoms with Crippen LogP contribution in [-0.4, -0.2) is 37.6 Å². The number of anilines is 10. The molecule has 0 amide bonds. The number of nitrogens with zero attached hydrogens (tertiary/aromatic N) is 6. The van der Waals surface area contributed by atoms with Crippen molar-refractivity contribution >= 4 is 81.2 Å². The molecule has 9 unspecified atom stereocenters. The summed E-state index contributed by atoms with van der Waals surface area (Å²) in [5, 5.41) is 0. The van der Waals surface area contributed by atoms with E-state index in [-0.39, 0.29) is 61.0 Å². The van der Waals surface area contributed by atoms with Crippen LogP contribution in [0.2, 0.25) is 17.5 Å². The van der Waals surface area contributed by atoms with E-state index < -0.39 is 0 Å². The van der Waals surface area contributed by atoms with Gasteiger partial charge in [0.25, 0.3) is 0 Å². The first-order chi connectivity index (χ1) is 47.1. The zero-order valence-corrected chi connectivity index (χ0v) is 56.6. The van der Waals surface area contributed by atoms with E-state index >= 15 is 0 Å². The van der Waals surface area contributed by atoms with Crippen LogP contribution >= 0.6 is 0 Å². The van der Waals surface area contributed by atoms with E-state index in [1.807, 2.05) is 0 Å². The minimum absolute atomic E-state index is 0.0299. The molecule has 8 aromatic rings. The van der Waals surface area contributed by atoms with Crippen molar-refractivity contribution in [1.82, 2.24) is 0 Å². The quantitative estimate of drug-likeness (QED) is 0.113. The molecule has 9 atom stereocenters. The second-order valence-corrected chi connectivity index (χ2v) is 28.5. The van der Waals surface area contributed by atoms with E-state index in [1.165, 1.54) is 112 Å². The lowest BCUT2D eigenvalue weighted by Crippen LogP contribution is -2.66. The van der Waals surface area contributed by atoms with Gasteiger partial charge in [-0.2, -0.15) is 0 Å². The Bertz CT molecular complexity index is 4680. The van der Waals surface area contributed by atoms with Crippen LogP contribution in [0.5, 0.6) is 0 Å². The van der Waals surface area contributed by atoms with Crippen molar-refractivity contribution in [2.45, 2.75) is 116 Å². The van der Waals surface area contributed by atoms with E-state index in [2.05, 4.69) is 358 Å². The zero-order valence-electron chi connectivity index (χ0n) is 56.6. The lowest BCUT2D eigenvalue weighted by molar-refractivity contribution is 0.514. The van der Waals surface area contributed by atoms with Crippen molar-refractivity contribution in [2.24, 2.45) is 11.8 Å². The van der Waals surface area contributed by atoms with Gasteiger partial charge in [-0.25, -0.2) is 0 Å². The summed E-state index contributed by atoms with van der Waals surface area (Å²) in [6.07, 6.45) is 36.1. The predicted octanol–water partition coefficient (Wildman–Crippen LogP) is 20.3. The van der Waals surface area contributed by atoms with Crippen molar-refractivity contribution in [3.05, 3.63) is 335 Å². The number of hydrogen-bond acceptors (Lipinski definition) is 6. The second kappa shape index (κ2) is 24.1. The first-order valence-electron chi connectivity index (χ1n) is 35.4. The van der Waals surface area contributed by atoms with Crippen LogP contribution in [-0.2, 0) is 0 Å². The molecule has 9 aliphatic rings. The maximum Gasteiger partial charge on any atom is 0.225 e. The Kier molecular flexibility index (Phi) is 15.0. The SMILES string of the molecule is CCCC1CC=CC(C)=C1N1c2cc(N(c3ccccc3)c3c(C)cccc3C)cc3c2B(C2C=CC=CC21)C1C=C2B4c5ccccc5N(C5C(C)=CC=CC5C)C5=CC(N(c6ccccc6)c6c(C)cccc6C)=CC(C45)N(c4ccccc4)C2=CC1N3c1ccccc1. The fourth-order valence-electron chi connectivity index (χ4n) is 19.0. The molecule has 8 aromatic carbocycles. The molecule has 0 bridgehead atoms. The van der Waals surface area contributed by atoms with E-state index in [1.54, 1.807) is 0 Å². The Labute approximate surface area is 570 Å². The van der Waals surface area contributed by atoms with Gasteiger partial charge in [-0.1, -0.05) is 225 Å². The molecule has 0 aromatic heterocycles. The molecule has 0 spiro atoms. The van der Waals surface area contributed by atoms with Crippen molar-refractivity contribution in [3.8, 4) is 0 Å². The lowest BCUT2D eigenvalue weighted by Gasteiger charge is -2.59. The molecule has 17 rings (SSSR count). The van der Waals surface area contributed by atoms with Gasteiger partial charge in [-0.15, -0.1) is 0 Å². The Morgan fingerprint density at radius 2 is 1.10 bits per heavy atom.